The quantitative estimate of drug-likeness (QED) is 0.854. The van der Waals surface area contributed by atoms with Gasteiger partial charge in [-0.2, -0.15) is 10.2 Å². The van der Waals surface area contributed by atoms with E-state index in [9.17, 15) is 0 Å². The summed E-state index contributed by atoms with van der Waals surface area (Å²) >= 11 is 0. The molecule has 2 heterocycles. The molecule has 6 nitrogen and oxygen atoms in total. The zero-order valence-corrected chi connectivity index (χ0v) is 14.2. The standard InChI is InChI=1S/C18H22N6/c1-22(2)17-7-8-20-18(21-17)24-11-9-23(10-12-24)14-16-5-3-15(13-19)4-6-16/h3-8H,9-12,14H2,1-2H3. The van der Waals surface area contributed by atoms with Crippen LogP contribution in [0.15, 0.2) is 36.5 Å². The van der Waals surface area contributed by atoms with E-state index in [4.69, 9.17) is 5.26 Å². The summed E-state index contributed by atoms with van der Waals surface area (Å²) in [5, 5.41) is 8.86. The highest BCUT2D eigenvalue weighted by Crippen LogP contribution is 2.16. The topological polar surface area (TPSA) is 59.3 Å². The Balaban J connectivity index is 1.57. The molecule has 0 atom stereocenters. The van der Waals surface area contributed by atoms with Crippen molar-refractivity contribution in [1.29, 1.82) is 5.26 Å². The lowest BCUT2D eigenvalue weighted by Crippen LogP contribution is -2.46. The molecule has 0 N–H and O–H groups in total. The minimum atomic E-state index is 0.710. The number of hydrogen-bond acceptors (Lipinski definition) is 6. The molecule has 0 spiro atoms. The van der Waals surface area contributed by atoms with Crippen LogP contribution < -0.4 is 9.80 Å². The number of piperazine rings is 1. The fourth-order valence-corrected chi connectivity index (χ4v) is 2.79. The summed E-state index contributed by atoms with van der Waals surface area (Å²) < 4.78 is 0. The van der Waals surface area contributed by atoms with Crippen molar-refractivity contribution in [2.24, 2.45) is 0 Å². The van der Waals surface area contributed by atoms with Crippen molar-refractivity contribution in [3.63, 3.8) is 0 Å². The van der Waals surface area contributed by atoms with Gasteiger partial charge in [0.2, 0.25) is 5.95 Å². The van der Waals surface area contributed by atoms with Crippen molar-refractivity contribution in [3.05, 3.63) is 47.7 Å². The van der Waals surface area contributed by atoms with E-state index in [0.717, 1.165) is 44.5 Å². The zero-order valence-electron chi connectivity index (χ0n) is 14.2. The minimum Gasteiger partial charge on any atom is -0.363 e. The third-order valence-electron chi connectivity index (χ3n) is 4.23. The van der Waals surface area contributed by atoms with Gasteiger partial charge in [0, 0.05) is 53.0 Å². The number of nitrogens with zero attached hydrogens (tertiary/aromatic N) is 6. The van der Waals surface area contributed by atoms with Crippen molar-refractivity contribution in [1.82, 2.24) is 14.9 Å². The third kappa shape index (κ3) is 3.81. The molecule has 6 heteroatoms. The summed E-state index contributed by atoms with van der Waals surface area (Å²) in [4.78, 5) is 15.7. The summed E-state index contributed by atoms with van der Waals surface area (Å²) in [6.07, 6.45) is 1.82. The highest BCUT2D eigenvalue weighted by atomic mass is 15.3. The van der Waals surface area contributed by atoms with Crippen molar-refractivity contribution in [2.45, 2.75) is 6.54 Å². The predicted molar refractivity (Wildman–Crippen MR) is 95.0 cm³/mol. The van der Waals surface area contributed by atoms with Crippen LogP contribution in [-0.2, 0) is 6.54 Å². The van der Waals surface area contributed by atoms with Crippen LogP contribution in [0.4, 0.5) is 11.8 Å². The monoisotopic (exact) mass is 322 g/mol. The van der Waals surface area contributed by atoms with Crippen LogP contribution in [0.3, 0.4) is 0 Å². The SMILES string of the molecule is CN(C)c1ccnc(N2CCN(Cc3ccc(C#N)cc3)CC2)n1. The van der Waals surface area contributed by atoms with Crippen LogP contribution in [-0.4, -0.2) is 55.1 Å². The number of benzene rings is 1. The number of anilines is 2. The van der Waals surface area contributed by atoms with E-state index in [2.05, 4.69) is 25.8 Å². The number of rotatable bonds is 4. The van der Waals surface area contributed by atoms with E-state index in [1.165, 1.54) is 5.56 Å². The molecule has 0 bridgehead atoms. The maximum atomic E-state index is 8.86. The number of aromatic nitrogens is 2. The van der Waals surface area contributed by atoms with Crippen LogP contribution in [0.2, 0.25) is 0 Å². The second-order valence-electron chi connectivity index (χ2n) is 6.18. The molecule has 1 aromatic carbocycles. The van der Waals surface area contributed by atoms with Gasteiger partial charge in [-0.1, -0.05) is 12.1 Å². The summed E-state index contributed by atoms with van der Waals surface area (Å²) in [6.45, 7) is 4.73. The lowest BCUT2D eigenvalue weighted by Gasteiger charge is -2.35. The third-order valence-corrected chi connectivity index (χ3v) is 4.23. The molecule has 0 saturated carbocycles. The van der Waals surface area contributed by atoms with Crippen LogP contribution in [0.25, 0.3) is 0 Å². The molecule has 0 aliphatic carbocycles. The first-order valence-corrected chi connectivity index (χ1v) is 8.12. The Labute approximate surface area is 143 Å². The fourth-order valence-electron chi connectivity index (χ4n) is 2.79. The molecule has 0 unspecified atom stereocenters. The van der Waals surface area contributed by atoms with Gasteiger partial charge in [-0.25, -0.2) is 4.98 Å². The molecule has 1 saturated heterocycles. The van der Waals surface area contributed by atoms with Crippen LogP contribution >= 0.6 is 0 Å². The summed E-state index contributed by atoms with van der Waals surface area (Å²) in [7, 11) is 3.98. The van der Waals surface area contributed by atoms with Gasteiger partial charge < -0.3 is 9.80 Å². The van der Waals surface area contributed by atoms with Crippen LogP contribution in [0.1, 0.15) is 11.1 Å². The maximum Gasteiger partial charge on any atom is 0.227 e. The van der Waals surface area contributed by atoms with Crippen molar-refractivity contribution in [2.75, 3.05) is 50.1 Å². The summed E-state index contributed by atoms with van der Waals surface area (Å²) in [6, 6.07) is 11.9. The first-order chi connectivity index (χ1) is 11.7. The Morgan fingerprint density at radius 1 is 1.08 bits per heavy atom. The van der Waals surface area contributed by atoms with E-state index >= 15 is 0 Å². The summed E-state index contributed by atoms with van der Waals surface area (Å²) in [5.74, 6) is 1.74. The first-order valence-electron chi connectivity index (χ1n) is 8.12. The van der Waals surface area contributed by atoms with E-state index in [1.54, 1.807) is 0 Å². The Bertz CT molecular complexity index is 711. The molecule has 0 amide bonds. The van der Waals surface area contributed by atoms with Crippen molar-refractivity contribution in [3.8, 4) is 6.07 Å². The number of hydrogen-bond donors (Lipinski definition) is 0. The van der Waals surface area contributed by atoms with E-state index in [1.807, 2.05) is 55.5 Å². The second kappa shape index (κ2) is 7.28. The van der Waals surface area contributed by atoms with Gasteiger partial charge in [-0.15, -0.1) is 0 Å². The van der Waals surface area contributed by atoms with Gasteiger partial charge in [0.05, 0.1) is 11.6 Å². The highest BCUT2D eigenvalue weighted by Gasteiger charge is 2.19. The Morgan fingerprint density at radius 3 is 2.42 bits per heavy atom. The van der Waals surface area contributed by atoms with Gasteiger partial charge in [0.25, 0.3) is 0 Å². The smallest absolute Gasteiger partial charge is 0.227 e. The van der Waals surface area contributed by atoms with Crippen LogP contribution in [0, 0.1) is 11.3 Å². The Hall–Kier alpha value is -2.65. The van der Waals surface area contributed by atoms with Gasteiger partial charge in [0.15, 0.2) is 0 Å². The molecule has 24 heavy (non-hydrogen) atoms. The zero-order chi connectivity index (χ0) is 16.9. The molecular weight excluding hydrogens is 300 g/mol. The molecule has 3 rings (SSSR count). The largest absolute Gasteiger partial charge is 0.363 e. The predicted octanol–water partition coefficient (Wildman–Crippen LogP) is 1.74. The van der Waals surface area contributed by atoms with Gasteiger partial charge >= 0.3 is 0 Å². The van der Waals surface area contributed by atoms with Gasteiger partial charge in [0.1, 0.15) is 5.82 Å². The molecule has 1 aliphatic rings. The Morgan fingerprint density at radius 2 is 1.79 bits per heavy atom. The van der Waals surface area contributed by atoms with Crippen molar-refractivity contribution >= 4 is 11.8 Å². The van der Waals surface area contributed by atoms with Crippen LogP contribution in [0.5, 0.6) is 0 Å². The fraction of sp³-hybridized carbons (Fsp3) is 0.389. The molecule has 1 aliphatic heterocycles. The van der Waals surface area contributed by atoms with Crippen molar-refractivity contribution < 1.29 is 0 Å². The molecular formula is C18H22N6. The lowest BCUT2D eigenvalue weighted by atomic mass is 10.1. The first kappa shape index (κ1) is 16.2. The van der Waals surface area contributed by atoms with E-state index in [0.29, 0.717) is 5.56 Å². The van der Waals surface area contributed by atoms with E-state index < -0.39 is 0 Å². The van der Waals surface area contributed by atoms with Gasteiger partial charge in [-0.05, 0) is 23.8 Å². The molecule has 1 aromatic heterocycles. The molecule has 0 radical (unpaired) electrons. The highest BCUT2D eigenvalue weighted by molar-refractivity contribution is 5.42. The average molecular weight is 322 g/mol. The lowest BCUT2D eigenvalue weighted by molar-refractivity contribution is 0.248. The molecule has 2 aromatic rings. The van der Waals surface area contributed by atoms with Gasteiger partial charge in [-0.3, -0.25) is 4.90 Å². The molecule has 124 valence electrons. The minimum absolute atomic E-state index is 0.710. The average Bonchev–Trinajstić information content (AvgIpc) is 2.63. The van der Waals surface area contributed by atoms with E-state index in [-0.39, 0.29) is 0 Å². The Kier molecular flexibility index (Phi) is 4.92. The summed E-state index contributed by atoms with van der Waals surface area (Å²) in [5.41, 5.74) is 1.95. The molecule has 1 fully saturated rings. The second-order valence-corrected chi connectivity index (χ2v) is 6.18. The number of nitriles is 1. The normalized spacial score (nSPS) is 15.1. The maximum absolute atomic E-state index is 8.86.